The minimum Gasteiger partial charge on any atom is -0.461 e. The van der Waals surface area contributed by atoms with Gasteiger partial charge in [0.15, 0.2) is 0 Å². The number of hydrogen-bond donors (Lipinski definition) is 0. The van der Waals surface area contributed by atoms with Gasteiger partial charge in [-0.3, -0.25) is 4.79 Å². The van der Waals surface area contributed by atoms with Gasteiger partial charge < -0.3 is 9.22 Å². The standard InChI is InChI=1S/C25H30NO2/c1-25(17-10-6-4-7-11-17,18-12-8-5-9-13-18)24(27)28-19-14-22-20-16-21(20)23(15-19)26(22,2)3/h4-13,19-23H,14-16H2,1-3H3/q+1/t19?,20-,21?,22-,23?/m0/s1. The molecule has 3 nitrogen and oxygen atoms in total. The maximum atomic E-state index is 13.6. The Bertz CT molecular complexity index is 816. The molecule has 3 aliphatic rings. The summed E-state index contributed by atoms with van der Waals surface area (Å²) in [7, 11) is 4.75. The summed E-state index contributed by atoms with van der Waals surface area (Å²) in [5, 5.41) is 0. The van der Waals surface area contributed by atoms with Crippen LogP contribution in [0.5, 0.6) is 0 Å². The lowest BCUT2D eigenvalue weighted by Gasteiger charge is -2.46. The van der Waals surface area contributed by atoms with Crippen LogP contribution < -0.4 is 0 Å². The molecule has 3 fully saturated rings. The van der Waals surface area contributed by atoms with E-state index in [1.54, 1.807) is 0 Å². The van der Waals surface area contributed by atoms with Crippen LogP contribution in [0.2, 0.25) is 0 Å². The fourth-order valence-corrected chi connectivity index (χ4v) is 6.19. The quantitative estimate of drug-likeness (QED) is 0.592. The van der Waals surface area contributed by atoms with Crippen molar-refractivity contribution < 1.29 is 14.0 Å². The highest BCUT2D eigenvalue weighted by Crippen LogP contribution is 2.61. The number of esters is 1. The van der Waals surface area contributed by atoms with E-state index in [1.165, 1.54) is 6.42 Å². The molecule has 0 spiro atoms. The molecule has 3 heteroatoms. The summed E-state index contributed by atoms with van der Waals surface area (Å²) in [5.41, 5.74) is 1.19. The maximum absolute atomic E-state index is 13.6. The summed E-state index contributed by atoms with van der Waals surface area (Å²) in [6.45, 7) is 2.01. The summed E-state index contributed by atoms with van der Waals surface area (Å²) in [4.78, 5) is 13.6. The molecule has 1 saturated carbocycles. The molecule has 0 radical (unpaired) electrons. The zero-order valence-electron chi connectivity index (χ0n) is 17.0. The van der Waals surface area contributed by atoms with Gasteiger partial charge in [0.25, 0.3) is 0 Å². The van der Waals surface area contributed by atoms with Gasteiger partial charge in [-0.1, -0.05) is 60.7 Å². The van der Waals surface area contributed by atoms with E-state index in [2.05, 4.69) is 14.1 Å². The van der Waals surface area contributed by atoms with E-state index in [0.29, 0.717) is 12.1 Å². The second-order valence-corrected chi connectivity index (χ2v) is 9.68. The zero-order valence-corrected chi connectivity index (χ0v) is 17.0. The third kappa shape index (κ3) is 2.56. The molecule has 5 rings (SSSR count). The summed E-state index contributed by atoms with van der Waals surface area (Å²) < 4.78 is 7.38. The van der Waals surface area contributed by atoms with Crippen molar-refractivity contribution in [1.82, 2.24) is 0 Å². The number of carbonyl (C=O) groups is 1. The molecule has 28 heavy (non-hydrogen) atoms. The third-order valence-electron chi connectivity index (χ3n) is 7.98. The van der Waals surface area contributed by atoms with Gasteiger partial charge in [-0.05, 0) is 24.5 Å². The van der Waals surface area contributed by atoms with E-state index >= 15 is 0 Å². The number of nitrogens with zero attached hydrogens (tertiary/aromatic N) is 1. The molecule has 2 bridgehead atoms. The van der Waals surface area contributed by atoms with Crippen molar-refractivity contribution in [3.05, 3.63) is 71.8 Å². The number of carbonyl (C=O) groups excluding carboxylic acids is 1. The molecule has 5 atom stereocenters. The van der Waals surface area contributed by atoms with Gasteiger partial charge in [-0.2, -0.15) is 0 Å². The van der Waals surface area contributed by atoms with Crippen molar-refractivity contribution in [3.8, 4) is 0 Å². The second kappa shape index (κ2) is 6.18. The van der Waals surface area contributed by atoms with Crippen LogP contribution in [-0.4, -0.2) is 42.7 Å². The molecule has 0 aromatic heterocycles. The highest BCUT2D eigenvalue weighted by Gasteiger charge is 2.68. The minimum atomic E-state index is -0.785. The fraction of sp³-hybridized carbons (Fsp3) is 0.480. The number of fused-ring (bicyclic) bond motifs is 5. The molecule has 3 unspecified atom stereocenters. The van der Waals surface area contributed by atoms with Crippen molar-refractivity contribution in [2.24, 2.45) is 11.8 Å². The van der Waals surface area contributed by atoms with Gasteiger partial charge in [0.05, 0.1) is 26.2 Å². The molecule has 2 saturated heterocycles. The Morgan fingerprint density at radius 2 is 1.32 bits per heavy atom. The lowest BCUT2D eigenvalue weighted by atomic mass is 9.76. The Balaban J connectivity index is 1.42. The van der Waals surface area contributed by atoms with Crippen LogP contribution in [0.1, 0.15) is 37.3 Å². The second-order valence-electron chi connectivity index (χ2n) is 9.68. The minimum absolute atomic E-state index is 0.0493. The molecule has 2 aromatic carbocycles. The van der Waals surface area contributed by atoms with Gasteiger partial charge in [-0.15, -0.1) is 0 Å². The van der Waals surface area contributed by atoms with E-state index in [0.717, 1.165) is 40.3 Å². The van der Waals surface area contributed by atoms with Gasteiger partial charge >= 0.3 is 5.97 Å². The Morgan fingerprint density at radius 1 is 0.857 bits per heavy atom. The summed E-state index contributed by atoms with van der Waals surface area (Å²) in [6.07, 6.45) is 3.46. The normalized spacial score (nSPS) is 32.5. The first-order chi connectivity index (χ1) is 13.4. The average Bonchev–Trinajstić information content (AvgIpc) is 3.47. The van der Waals surface area contributed by atoms with Crippen molar-refractivity contribution in [3.63, 3.8) is 0 Å². The summed E-state index contributed by atoms with van der Waals surface area (Å²) in [6, 6.07) is 21.4. The average molecular weight is 377 g/mol. The van der Waals surface area contributed by atoms with Gasteiger partial charge in [0.1, 0.15) is 11.5 Å². The smallest absolute Gasteiger partial charge is 0.321 e. The van der Waals surface area contributed by atoms with Crippen LogP contribution in [-0.2, 0) is 14.9 Å². The van der Waals surface area contributed by atoms with Crippen LogP contribution in [0.3, 0.4) is 0 Å². The molecule has 0 amide bonds. The van der Waals surface area contributed by atoms with Crippen molar-refractivity contribution in [1.29, 1.82) is 0 Å². The molecule has 2 aliphatic heterocycles. The Labute approximate surface area is 167 Å². The van der Waals surface area contributed by atoms with E-state index in [9.17, 15) is 4.79 Å². The summed E-state index contributed by atoms with van der Waals surface area (Å²) in [5.74, 6) is 1.60. The van der Waals surface area contributed by atoms with Crippen LogP contribution in [0.25, 0.3) is 0 Å². The van der Waals surface area contributed by atoms with Crippen LogP contribution in [0, 0.1) is 11.8 Å². The van der Waals surface area contributed by atoms with Gasteiger partial charge in [0.2, 0.25) is 0 Å². The molecular formula is C25H30NO2+. The number of ether oxygens (including phenoxy) is 1. The fourth-order valence-electron chi connectivity index (χ4n) is 6.19. The number of piperidine rings is 2. The first-order valence-electron chi connectivity index (χ1n) is 10.6. The molecule has 2 heterocycles. The lowest BCUT2D eigenvalue weighted by Crippen LogP contribution is -2.59. The van der Waals surface area contributed by atoms with Crippen LogP contribution in [0.15, 0.2) is 60.7 Å². The zero-order chi connectivity index (χ0) is 19.5. The van der Waals surface area contributed by atoms with Gasteiger partial charge in [0, 0.05) is 24.7 Å². The highest BCUT2D eigenvalue weighted by molar-refractivity contribution is 5.87. The molecule has 0 N–H and O–H groups in total. The highest BCUT2D eigenvalue weighted by atomic mass is 16.5. The number of quaternary nitrogens is 1. The lowest BCUT2D eigenvalue weighted by molar-refractivity contribution is -0.937. The van der Waals surface area contributed by atoms with E-state index in [-0.39, 0.29) is 12.1 Å². The first-order valence-corrected chi connectivity index (χ1v) is 10.6. The monoisotopic (exact) mass is 376 g/mol. The predicted octanol–water partition coefficient (Wildman–Crippen LogP) is 4.16. The molecular weight excluding hydrogens is 346 g/mol. The molecule has 146 valence electrons. The first kappa shape index (κ1) is 17.9. The largest absolute Gasteiger partial charge is 0.461 e. The Morgan fingerprint density at radius 3 is 1.79 bits per heavy atom. The Hall–Kier alpha value is -2.13. The van der Waals surface area contributed by atoms with Crippen LogP contribution >= 0.6 is 0 Å². The number of hydrogen-bond acceptors (Lipinski definition) is 2. The Kier molecular flexibility index (Phi) is 3.96. The molecule has 2 aromatic rings. The molecule has 1 aliphatic carbocycles. The van der Waals surface area contributed by atoms with E-state index < -0.39 is 5.41 Å². The number of benzene rings is 2. The van der Waals surface area contributed by atoms with Crippen molar-refractivity contribution >= 4 is 5.97 Å². The van der Waals surface area contributed by atoms with Crippen molar-refractivity contribution in [2.45, 2.75) is 49.8 Å². The van der Waals surface area contributed by atoms with Crippen LogP contribution in [0.4, 0.5) is 0 Å². The maximum Gasteiger partial charge on any atom is 0.321 e. The van der Waals surface area contributed by atoms with E-state index in [1.807, 2.05) is 67.6 Å². The number of rotatable bonds is 4. The topological polar surface area (TPSA) is 26.3 Å². The SMILES string of the molecule is CC(C(=O)OC1CC2C3C[C@@H]3[C@H](C1)[N+]2(C)C)(c1ccccc1)c1ccccc1. The van der Waals surface area contributed by atoms with Crippen molar-refractivity contribution in [2.75, 3.05) is 14.1 Å². The third-order valence-corrected chi connectivity index (χ3v) is 7.98. The van der Waals surface area contributed by atoms with Gasteiger partial charge in [-0.25, -0.2) is 0 Å². The summed E-state index contributed by atoms with van der Waals surface area (Å²) >= 11 is 0. The predicted molar refractivity (Wildman–Crippen MR) is 110 cm³/mol. The van der Waals surface area contributed by atoms with E-state index in [4.69, 9.17) is 4.74 Å².